The predicted molar refractivity (Wildman–Crippen MR) is 136 cm³/mol. The van der Waals surface area contributed by atoms with E-state index in [1.807, 2.05) is 12.1 Å². The molecule has 0 spiro atoms. The van der Waals surface area contributed by atoms with Crippen LogP contribution in [-0.4, -0.2) is 50.3 Å². The van der Waals surface area contributed by atoms with Crippen LogP contribution in [-0.2, 0) is 24.3 Å². The molecule has 1 fully saturated rings. The number of rotatable bonds is 8. The number of amides is 3. The molecule has 10 heteroatoms. The van der Waals surface area contributed by atoms with Crippen LogP contribution in [0.3, 0.4) is 0 Å². The van der Waals surface area contributed by atoms with Gasteiger partial charge in [-0.2, -0.15) is 0 Å². The van der Waals surface area contributed by atoms with Crippen LogP contribution in [0.5, 0.6) is 0 Å². The van der Waals surface area contributed by atoms with Crippen molar-refractivity contribution in [1.82, 2.24) is 25.1 Å². The number of halogens is 2. The van der Waals surface area contributed by atoms with Crippen molar-refractivity contribution in [3.63, 3.8) is 0 Å². The summed E-state index contributed by atoms with van der Waals surface area (Å²) in [5, 5.41) is 6.38. The third-order valence-electron chi connectivity index (χ3n) is 6.86. The van der Waals surface area contributed by atoms with Crippen LogP contribution in [0.4, 0.5) is 4.39 Å². The molecule has 3 amide bonds. The second-order valence-corrected chi connectivity index (χ2v) is 10.1. The van der Waals surface area contributed by atoms with Gasteiger partial charge < -0.3 is 20.1 Å². The number of aromatic nitrogens is 2. The minimum absolute atomic E-state index is 0.0560. The fourth-order valence-corrected chi connectivity index (χ4v) is 4.88. The van der Waals surface area contributed by atoms with Crippen LogP contribution >= 0.6 is 11.6 Å². The number of hydrogen-bond acceptors (Lipinski definition) is 4. The van der Waals surface area contributed by atoms with Crippen molar-refractivity contribution in [2.24, 2.45) is 0 Å². The summed E-state index contributed by atoms with van der Waals surface area (Å²) < 4.78 is 14.8. The topological polar surface area (TPSA) is 96.3 Å². The first-order chi connectivity index (χ1) is 17.8. The number of fused-ring (bicyclic) bond motifs is 1. The van der Waals surface area contributed by atoms with Crippen LogP contribution in [0.2, 0.25) is 5.02 Å². The molecule has 0 radical (unpaired) electrons. The van der Waals surface area contributed by atoms with Gasteiger partial charge in [0.05, 0.1) is 12.9 Å². The van der Waals surface area contributed by atoms with Crippen molar-refractivity contribution in [2.45, 2.75) is 50.9 Å². The Morgan fingerprint density at radius 3 is 2.43 bits per heavy atom. The van der Waals surface area contributed by atoms with Gasteiger partial charge in [0.1, 0.15) is 17.1 Å². The smallest absolute Gasteiger partial charge is 0.274 e. The molecular weight excluding hydrogens is 497 g/mol. The summed E-state index contributed by atoms with van der Waals surface area (Å²) in [4.78, 5) is 45.9. The van der Waals surface area contributed by atoms with E-state index in [4.69, 9.17) is 11.6 Å². The van der Waals surface area contributed by atoms with Crippen LogP contribution in [0.25, 0.3) is 0 Å². The maximum absolute atomic E-state index is 13.7. The summed E-state index contributed by atoms with van der Waals surface area (Å²) in [5.74, 6) is -1.48. The lowest BCUT2D eigenvalue weighted by atomic mass is 9.93. The Kier molecular flexibility index (Phi) is 6.72. The minimum atomic E-state index is -1.16. The largest absolute Gasteiger partial charge is 0.350 e. The standard InChI is InChI=1S/C27H27ClFN5O3/c1-27(26(37)31-14-18-4-8-20(29)9-5-18)15-33-16-32-22(23(33)25(36)34(27)21-10-11-21)24(35)30-13-12-17-2-6-19(28)7-3-17/h2-9,16,21H,10-15H2,1H3,(H,30,35)(H,31,37)/t27-/m1/s1. The summed E-state index contributed by atoms with van der Waals surface area (Å²) in [7, 11) is 0. The molecular formula is C27H27ClFN5O3. The molecule has 0 saturated heterocycles. The zero-order chi connectivity index (χ0) is 26.2. The Balaban J connectivity index is 1.31. The molecule has 2 aliphatic rings. The molecule has 2 heterocycles. The third kappa shape index (κ3) is 5.09. The Morgan fingerprint density at radius 2 is 1.76 bits per heavy atom. The number of imidazole rings is 1. The first-order valence-corrected chi connectivity index (χ1v) is 12.6. The number of benzene rings is 2. The molecule has 1 aliphatic heterocycles. The SMILES string of the molecule is C[C@]1(C(=O)NCc2ccc(F)cc2)Cn2cnc(C(=O)NCCc3ccc(Cl)cc3)c2C(=O)N1C1CC1. The van der Waals surface area contributed by atoms with Crippen LogP contribution < -0.4 is 10.6 Å². The number of nitrogens with one attached hydrogen (secondary N) is 2. The summed E-state index contributed by atoms with van der Waals surface area (Å²) >= 11 is 5.92. The molecule has 0 unspecified atom stereocenters. The van der Waals surface area contributed by atoms with Crippen LogP contribution in [0.1, 0.15) is 51.9 Å². The lowest BCUT2D eigenvalue weighted by Gasteiger charge is -2.44. The highest BCUT2D eigenvalue weighted by Gasteiger charge is 2.53. The quantitative estimate of drug-likeness (QED) is 0.473. The second kappa shape index (κ2) is 9.97. The van der Waals surface area contributed by atoms with Crippen LogP contribution in [0.15, 0.2) is 54.9 Å². The van der Waals surface area contributed by atoms with E-state index in [2.05, 4.69) is 15.6 Å². The lowest BCUT2D eigenvalue weighted by molar-refractivity contribution is -0.133. The van der Waals surface area contributed by atoms with E-state index in [1.165, 1.54) is 18.5 Å². The van der Waals surface area contributed by atoms with Crippen LogP contribution in [0, 0.1) is 5.82 Å². The number of hydrogen-bond donors (Lipinski definition) is 2. The number of carbonyl (C=O) groups excluding carboxylic acids is 3. The predicted octanol–water partition coefficient (Wildman–Crippen LogP) is 3.34. The van der Waals surface area contributed by atoms with Gasteiger partial charge in [0, 0.05) is 24.2 Å². The average molecular weight is 524 g/mol. The Morgan fingerprint density at radius 1 is 1.08 bits per heavy atom. The summed E-state index contributed by atoms with van der Waals surface area (Å²) in [6.07, 6.45) is 3.64. The highest BCUT2D eigenvalue weighted by Crippen LogP contribution is 2.38. The lowest BCUT2D eigenvalue weighted by Crippen LogP contribution is -2.64. The van der Waals surface area contributed by atoms with E-state index in [9.17, 15) is 18.8 Å². The normalized spacial score (nSPS) is 18.9. The maximum Gasteiger partial charge on any atom is 0.274 e. The zero-order valence-corrected chi connectivity index (χ0v) is 21.1. The summed E-state index contributed by atoms with van der Waals surface area (Å²) in [6.45, 7) is 2.49. The fraction of sp³-hybridized carbons (Fsp3) is 0.333. The zero-order valence-electron chi connectivity index (χ0n) is 20.3. The molecule has 1 atom stereocenters. The van der Waals surface area contributed by atoms with Gasteiger partial charge in [-0.05, 0) is 61.6 Å². The van der Waals surface area contributed by atoms with Gasteiger partial charge in [0.25, 0.3) is 11.8 Å². The Hall–Kier alpha value is -3.72. The van der Waals surface area contributed by atoms with E-state index in [0.29, 0.717) is 18.0 Å². The number of carbonyl (C=O) groups is 3. The molecule has 192 valence electrons. The van der Waals surface area contributed by atoms with Gasteiger partial charge in [-0.15, -0.1) is 0 Å². The van der Waals surface area contributed by atoms with Gasteiger partial charge in [0.2, 0.25) is 5.91 Å². The van der Waals surface area contributed by atoms with E-state index >= 15 is 0 Å². The first kappa shape index (κ1) is 25.0. The van der Waals surface area contributed by atoms with Crippen molar-refractivity contribution >= 4 is 29.3 Å². The molecule has 2 aromatic carbocycles. The second-order valence-electron chi connectivity index (χ2n) is 9.69. The monoisotopic (exact) mass is 523 g/mol. The molecule has 3 aromatic rings. The molecule has 37 heavy (non-hydrogen) atoms. The average Bonchev–Trinajstić information content (AvgIpc) is 3.62. The van der Waals surface area contributed by atoms with Crippen molar-refractivity contribution in [2.75, 3.05) is 6.54 Å². The van der Waals surface area contributed by atoms with Gasteiger partial charge >= 0.3 is 0 Å². The molecule has 8 nitrogen and oxygen atoms in total. The fourth-order valence-electron chi connectivity index (χ4n) is 4.75. The summed E-state index contributed by atoms with van der Waals surface area (Å²) in [5.41, 5.74) is 0.864. The maximum atomic E-state index is 13.7. The van der Waals surface area contributed by atoms with Gasteiger partial charge in [-0.1, -0.05) is 35.9 Å². The van der Waals surface area contributed by atoms with Gasteiger partial charge in [0.15, 0.2) is 5.69 Å². The summed E-state index contributed by atoms with van der Waals surface area (Å²) in [6, 6.07) is 13.2. The van der Waals surface area contributed by atoms with Crippen molar-refractivity contribution in [3.05, 3.63) is 88.2 Å². The Bertz CT molecular complexity index is 1340. The van der Waals surface area contributed by atoms with Crippen molar-refractivity contribution < 1.29 is 18.8 Å². The third-order valence-corrected chi connectivity index (χ3v) is 7.12. The molecule has 1 aliphatic carbocycles. The minimum Gasteiger partial charge on any atom is -0.350 e. The van der Waals surface area contributed by atoms with Crippen molar-refractivity contribution in [1.29, 1.82) is 0 Å². The van der Waals surface area contributed by atoms with E-state index in [-0.39, 0.29) is 48.2 Å². The van der Waals surface area contributed by atoms with Crippen molar-refractivity contribution in [3.8, 4) is 0 Å². The Labute approximate surface area is 218 Å². The number of nitrogens with zero attached hydrogens (tertiary/aromatic N) is 3. The molecule has 2 N–H and O–H groups in total. The van der Waals surface area contributed by atoms with Gasteiger partial charge in [-0.25, -0.2) is 9.37 Å². The highest BCUT2D eigenvalue weighted by molar-refractivity contribution is 6.30. The molecule has 0 bridgehead atoms. The van der Waals surface area contributed by atoms with E-state index in [1.54, 1.807) is 40.7 Å². The van der Waals surface area contributed by atoms with E-state index < -0.39 is 11.4 Å². The molecule has 1 saturated carbocycles. The molecule has 5 rings (SSSR count). The first-order valence-electron chi connectivity index (χ1n) is 12.2. The van der Waals surface area contributed by atoms with Gasteiger partial charge in [-0.3, -0.25) is 14.4 Å². The molecule has 1 aromatic heterocycles. The van der Waals surface area contributed by atoms with E-state index in [0.717, 1.165) is 24.0 Å². The highest BCUT2D eigenvalue weighted by atomic mass is 35.5.